The third-order valence-corrected chi connectivity index (χ3v) is 3.71. The van der Waals surface area contributed by atoms with Crippen molar-refractivity contribution in [1.29, 1.82) is 0 Å². The summed E-state index contributed by atoms with van der Waals surface area (Å²) in [7, 11) is 0. The Hall–Kier alpha value is -1.83. The summed E-state index contributed by atoms with van der Waals surface area (Å²) in [5.74, 6) is 0.105. The van der Waals surface area contributed by atoms with Crippen molar-refractivity contribution in [2.45, 2.75) is 39.0 Å². The number of allylic oxidation sites excluding steroid dienone is 1. The minimum absolute atomic E-state index is 0.105. The molecule has 0 aliphatic heterocycles. The molecule has 106 valence electrons. The Morgan fingerprint density at radius 1 is 1.25 bits per heavy atom. The van der Waals surface area contributed by atoms with Crippen LogP contribution in [-0.2, 0) is 4.79 Å². The van der Waals surface area contributed by atoms with E-state index in [1.165, 1.54) is 31.3 Å². The predicted octanol–water partition coefficient (Wildman–Crippen LogP) is 4.40. The van der Waals surface area contributed by atoms with Crippen LogP contribution in [0.1, 0.15) is 44.6 Å². The summed E-state index contributed by atoms with van der Waals surface area (Å²) in [5.41, 5.74) is 2.63. The van der Waals surface area contributed by atoms with Crippen molar-refractivity contribution in [2.75, 3.05) is 6.54 Å². The van der Waals surface area contributed by atoms with Gasteiger partial charge in [-0.2, -0.15) is 0 Å². The highest BCUT2D eigenvalue weighted by atomic mass is 16.2. The van der Waals surface area contributed by atoms with Gasteiger partial charge in [0.05, 0.1) is 0 Å². The first-order valence-electron chi connectivity index (χ1n) is 7.44. The second-order valence-electron chi connectivity index (χ2n) is 5.30. The molecule has 0 heterocycles. The van der Waals surface area contributed by atoms with Crippen LogP contribution in [0.15, 0.2) is 48.2 Å². The van der Waals surface area contributed by atoms with E-state index in [4.69, 9.17) is 0 Å². The first-order valence-corrected chi connectivity index (χ1v) is 7.44. The van der Waals surface area contributed by atoms with Crippen molar-refractivity contribution in [3.63, 3.8) is 0 Å². The average molecular weight is 269 g/mol. The minimum atomic E-state index is 0.105. The molecule has 0 unspecified atom stereocenters. The van der Waals surface area contributed by atoms with Crippen molar-refractivity contribution in [3.05, 3.63) is 53.7 Å². The monoisotopic (exact) mass is 269 g/mol. The lowest BCUT2D eigenvalue weighted by atomic mass is 9.97. The highest BCUT2D eigenvalue weighted by Gasteiger charge is 2.08. The van der Waals surface area contributed by atoms with Crippen molar-refractivity contribution >= 4 is 12.0 Å². The first-order chi connectivity index (χ1) is 9.75. The van der Waals surface area contributed by atoms with Gasteiger partial charge in [0.2, 0.25) is 5.91 Å². The van der Waals surface area contributed by atoms with Crippen LogP contribution < -0.4 is 0 Å². The van der Waals surface area contributed by atoms with Gasteiger partial charge in [-0.05, 0) is 43.7 Å². The number of rotatable bonds is 5. The summed E-state index contributed by atoms with van der Waals surface area (Å²) in [6.45, 7) is 2.41. The van der Waals surface area contributed by atoms with Gasteiger partial charge in [0, 0.05) is 19.7 Å². The Morgan fingerprint density at radius 2 is 2.05 bits per heavy atom. The smallest absolute Gasteiger partial charge is 0.223 e. The predicted molar refractivity (Wildman–Crippen MR) is 84.0 cm³/mol. The molecular formula is C18H23NO. The van der Waals surface area contributed by atoms with E-state index in [0.29, 0.717) is 0 Å². The van der Waals surface area contributed by atoms with E-state index >= 15 is 0 Å². The highest BCUT2D eigenvalue weighted by molar-refractivity contribution is 5.75. The fourth-order valence-corrected chi connectivity index (χ4v) is 2.47. The van der Waals surface area contributed by atoms with Crippen molar-refractivity contribution < 1.29 is 4.79 Å². The maximum Gasteiger partial charge on any atom is 0.223 e. The number of nitrogens with zero attached hydrogens (tertiary/aromatic N) is 1. The molecule has 0 saturated carbocycles. The molecule has 1 aromatic rings. The standard InChI is InChI=1S/C18H23NO/c1-16(20)19(14-12-17-8-4-2-5-9-17)15-13-18-10-6-3-7-11-18/h2,4-5,8-10,12,14H,3,6-7,11,13,15H2,1H3/b14-12+. The van der Waals surface area contributed by atoms with Crippen LogP contribution in [0.4, 0.5) is 0 Å². The van der Waals surface area contributed by atoms with E-state index in [2.05, 4.69) is 6.08 Å². The highest BCUT2D eigenvalue weighted by Crippen LogP contribution is 2.20. The second kappa shape index (κ2) is 7.68. The number of carbonyl (C=O) groups excluding carboxylic acids is 1. The van der Waals surface area contributed by atoms with Crippen LogP contribution >= 0.6 is 0 Å². The van der Waals surface area contributed by atoms with E-state index in [1.807, 2.05) is 47.5 Å². The molecule has 0 atom stereocenters. The van der Waals surface area contributed by atoms with Gasteiger partial charge in [0.25, 0.3) is 0 Å². The van der Waals surface area contributed by atoms with Gasteiger partial charge in [-0.15, -0.1) is 0 Å². The number of hydrogen-bond donors (Lipinski definition) is 0. The van der Waals surface area contributed by atoms with Gasteiger partial charge in [0.15, 0.2) is 0 Å². The topological polar surface area (TPSA) is 20.3 Å². The summed E-state index contributed by atoms with van der Waals surface area (Å²) >= 11 is 0. The summed E-state index contributed by atoms with van der Waals surface area (Å²) in [6.07, 6.45) is 12.3. The molecule has 1 aromatic carbocycles. The molecule has 0 aromatic heterocycles. The van der Waals surface area contributed by atoms with Crippen LogP contribution in [0.2, 0.25) is 0 Å². The van der Waals surface area contributed by atoms with E-state index < -0.39 is 0 Å². The summed E-state index contributed by atoms with van der Waals surface area (Å²) in [6, 6.07) is 10.1. The van der Waals surface area contributed by atoms with Crippen molar-refractivity contribution in [2.24, 2.45) is 0 Å². The van der Waals surface area contributed by atoms with Gasteiger partial charge in [-0.1, -0.05) is 42.0 Å². The Kier molecular flexibility index (Phi) is 5.60. The Balaban J connectivity index is 1.92. The molecule has 2 heteroatoms. The Bertz CT molecular complexity index is 487. The van der Waals surface area contributed by atoms with Gasteiger partial charge >= 0.3 is 0 Å². The average Bonchev–Trinajstić information content (AvgIpc) is 2.49. The summed E-state index contributed by atoms with van der Waals surface area (Å²) < 4.78 is 0. The third kappa shape index (κ3) is 4.69. The largest absolute Gasteiger partial charge is 0.319 e. The molecule has 0 saturated heterocycles. The summed E-state index contributed by atoms with van der Waals surface area (Å²) in [5, 5.41) is 0. The Labute approximate surface area is 121 Å². The first kappa shape index (κ1) is 14.6. The van der Waals surface area contributed by atoms with Crippen LogP contribution in [0.5, 0.6) is 0 Å². The fourth-order valence-electron chi connectivity index (χ4n) is 2.47. The lowest BCUT2D eigenvalue weighted by Crippen LogP contribution is -2.24. The van der Waals surface area contributed by atoms with E-state index in [-0.39, 0.29) is 5.91 Å². The molecule has 1 aliphatic rings. The molecule has 20 heavy (non-hydrogen) atoms. The summed E-state index contributed by atoms with van der Waals surface area (Å²) in [4.78, 5) is 13.5. The van der Waals surface area contributed by atoms with Gasteiger partial charge in [0.1, 0.15) is 0 Å². The number of carbonyl (C=O) groups is 1. The van der Waals surface area contributed by atoms with E-state index in [0.717, 1.165) is 18.5 Å². The maximum atomic E-state index is 11.7. The molecule has 1 aliphatic carbocycles. The molecule has 2 nitrogen and oxygen atoms in total. The fraction of sp³-hybridized carbons (Fsp3) is 0.389. The zero-order chi connectivity index (χ0) is 14.2. The molecule has 2 rings (SSSR count). The van der Waals surface area contributed by atoms with Crippen molar-refractivity contribution in [1.82, 2.24) is 4.90 Å². The van der Waals surface area contributed by atoms with Gasteiger partial charge in [-0.3, -0.25) is 4.79 Å². The third-order valence-electron chi connectivity index (χ3n) is 3.71. The minimum Gasteiger partial charge on any atom is -0.319 e. The zero-order valence-corrected chi connectivity index (χ0v) is 12.2. The number of amides is 1. The SMILES string of the molecule is CC(=O)N(/C=C/c1ccccc1)CCC1=CCCCC1. The lowest BCUT2D eigenvalue weighted by molar-refractivity contribution is -0.126. The molecule has 0 spiro atoms. The zero-order valence-electron chi connectivity index (χ0n) is 12.2. The van der Waals surface area contributed by atoms with E-state index in [1.54, 1.807) is 6.92 Å². The molecule has 0 bridgehead atoms. The normalized spacial score (nSPS) is 15.2. The van der Waals surface area contributed by atoms with E-state index in [9.17, 15) is 4.79 Å². The second-order valence-corrected chi connectivity index (χ2v) is 5.30. The van der Waals surface area contributed by atoms with Crippen LogP contribution in [0.3, 0.4) is 0 Å². The number of benzene rings is 1. The van der Waals surface area contributed by atoms with Crippen molar-refractivity contribution in [3.8, 4) is 0 Å². The lowest BCUT2D eigenvalue weighted by Gasteiger charge is -2.19. The van der Waals surface area contributed by atoms with Gasteiger partial charge in [-0.25, -0.2) is 0 Å². The molecule has 0 fully saturated rings. The van der Waals surface area contributed by atoms with Gasteiger partial charge < -0.3 is 4.90 Å². The Morgan fingerprint density at radius 3 is 2.70 bits per heavy atom. The van der Waals surface area contributed by atoms with Crippen LogP contribution in [-0.4, -0.2) is 17.4 Å². The molecule has 1 amide bonds. The maximum absolute atomic E-state index is 11.7. The molecule has 0 N–H and O–H groups in total. The number of hydrogen-bond acceptors (Lipinski definition) is 1. The quantitative estimate of drug-likeness (QED) is 0.726. The molecule has 0 radical (unpaired) electrons. The van der Waals surface area contributed by atoms with Crippen LogP contribution in [0.25, 0.3) is 6.08 Å². The van der Waals surface area contributed by atoms with Crippen LogP contribution in [0, 0.1) is 0 Å². The molecular weight excluding hydrogens is 246 g/mol.